The van der Waals surface area contributed by atoms with Gasteiger partial charge in [0.1, 0.15) is 5.60 Å². The number of carbonyl (C=O) groups is 1. The maximum atomic E-state index is 11.5. The van der Waals surface area contributed by atoms with Gasteiger partial charge in [-0.2, -0.15) is 0 Å². The molecule has 7 heteroatoms. The zero-order valence-corrected chi connectivity index (χ0v) is 11.6. The number of alkyl carbamates (subject to hydrolysis) is 1. The van der Waals surface area contributed by atoms with Gasteiger partial charge in [-0.05, 0) is 39.3 Å². The summed E-state index contributed by atoms with van der Waals surface area (Å²) in [5.74, 6) is 0. The normalized spacial score (nSPS) is 12.4. The van der Waals surface area contributed by atoms with Gasteiger partial charge >= 0.3 is 6.09 Å². The number of hydrogen-bond acceptors (Lipinski definition) is 4. The fraction of sp³-hybridized carbons (Fsp3) is 0.909. The fourth-order valence-electron chi connectivity index (χ4n) is 1.34. The fourth-order valence-corrected chi connectivity index (χ4v) is 1.34. The van der Waals surface area contributed by atoms with Crippen molar-refractivity contribution >= 4 is 6.09 Å². The van der Waals surface area contributed by atoms with Crippen LogP contribution in [0.25, 0.3) is 10.4 Å². The highest BCUT2D eigenvalue weighted by Crippen LogP contribution is 2.06. The second-order valence-corrected chi connectivity index (χ2v) is 4.88. The van der Waals surface area contributed by atoms with Crippen molar-refractivity contribution in [3.05, 3.63) is 10.4 Å². The zero-order valence-electron chi connectivity index (χ0n) is 11.6. The molecule has 0 heterocycles. The maximum Gasteiger partial charge on any atom is 0.407 e. The van der Waals surface area contributed by atoms with Gasteiger partial charge in [0, 0.05) is 24.0 Å². The molecule has 1 atom stereocenters. The lowest BCUT2D eigenvalue weighted by atomic mass is 10.2. The van der Waals surface area contributed by atoms with Crippen molar-refractivity contribution in [1.29, 1.82) is 0 Å². The number of nitrogens with one attached hydrogen (secondary N) is 2. The molecule has 104 valence electrons. The van der Waals surface area contributed by atoms with Crippen LogP contribution >= 0.6 is 0 Å². The van der Waals surface area contributed by atoms with E-state index in [-0.39, 0.29) is 6.04 Å². The largest absolute Gasteiger partial charge is 0.444 e. The third-order valence-corrected chi connectivity index (χ3v) is 2.03. The summed E-state index contributed by atoms with van der Waals surface area (Å²) in [6.45, 7) is 9.07. The Kier molecular flexibility index (Phi) is 7.91. The quantitative estimate of drug-likeness (QED) is 0.415. The SMILES string of the molecule is CCNC(CCN=[N+]=[N-])CNC(=O)OC(C)(C)C. The molecule has 0 aliphatic carbocycles. The first kappa shape index (κ1) is 16.5. The summed E-state index contributed by atoms with van der Waals surface area (Å²) in [6, 6.07) is 0.0769. The highest BCUT2D eigenvalue weighted by Gasteiger charge is 2.16. The Labute approximate surface area is 108 Å². The summed E-state index contributed by atoms with van der Waals surface area (Å²) in [6.07, 6.45) is 0.238. The molecule has 0 aliphatic rings. The molecule has 0 fully saturated rings. The molecule has 0 spiro atoms. The van der Waals surface area contributed by atoms with Crippen LogP contribution in [0.3, 0.4) is 0 Å². The van der Waals surface area contributed by atoms with Gasteiger partial charge in [0.15, 0.2) is 0 Å². The lowest BCUT2D eigenvalue weighted by Gasteiger charge is -2.22. The number of amides is 1. The Hall–Kier alpha value is -1.46. The van der Waals surface area contributed by atoms with E-state index in [1.807, 2.05) is 27.7 Å². The Balaban J connectivity index is 4.01. The van der Waals surface area contributed by atoms with Gasteiger partial charge in [-0.1, -0.05) is 12.0 Å². The van der Waals surface area contributed by atoms with Crippen LogP contribution in [-0.4, -0.2) is 37.4 Å². The molecule has 0 aliphatic heterocycles. The van der Waals surface area contributed by atoms with Gasteiger partial charge in [-0.15, -0.1) is 0 Å². The monoisotopic (exact) mass is 257 g/mol. The van der Waals surface area contributed by atoms with Gasteiger partial charge in [-0.3, -0.25) is 0 Å². The minimum absolute atomic E-state index is 0.0769. The van der Waals surface area contributed by atoms with Crippen LogP contribution in [-0.2, 0) is 4.74 Å². The smallest absolute Gasteiger partial charge is 0.407 e. The third-order valence-electron chi connectivity index (χ3n) is 2.03. The number of likely N-dealkylation sites (N-methyl/N-ethyl adjacent to an activating group) is 1. The number of azide groups is 1. The van der Waals surface area contributed by atoms with E-state index in [1.165, 1.54) is 0 Å². The Morgan fingerprint density at radius 2 is 2.17 bits per heavy atom. The van der Waals surface area contributed by atoms with Gasteiger partial charge in [0.05, 0.1) is 0 Å². The van der Waals surface area contributed by atoms with Crippen LogP contribution in [0.2, 0.25) is 0 Å². The van der Waals surface area contributed by atoms with Crippen LogP contribution in [0.1, 0.15) is 34.1 Å². The molecule has 1 amide bonds. The minimum atomic E-state index is -0.497. The zero-order chi connectivity index (χ0) is 14.0. The molecule has 0 saturated heterocycles. The number of hydrogen-bond donors (Lipinski definition) is 2. The summed E-state index contributed by atoms with van der Waals surface area (Å²) >= 11 is 0. The van der Waals surface area contributed by atoms with Gasteiger partial charge in [-0.25, -0.2) is 4.79 Å². The van der Waals surface area contributed by atoms with Crippen molar-refractivity contribution in [2.24, 2.45) is 5.11 Å². The van der Waals surface area contributed by atoms with Crippen molar-refractivity contribution in [1.82, 2.24) is 10.6 Å². The summed E-state index contributed by atoms with van der Waals surface area (Å²) < 4.78 is 5.13. The van der Waals surface area contributed by atoms with Gasteiger partial charge in [0.25, 0.3) is 0 Å². The summed E-state index contributed by atoms with van der Waals surface area (Å²) in [5.41, 5.74) is 7.71. The van der Waals surface area contributed by atoms with Crippen LogP contribution < -0.4 is 10.6 Å². The van der Waals surface area contributed by atoms with E-state index in [0.717, 1.165) is 6.54 Å². The molecule has 0 aromatic heterocycles. The molecule has 0 rings (SSSR count). The molecule has 1 unspecified atom stereocenters. The van der Waals surface area contributed by atoms with E-state index >= 15 is 0 Å². The number of carbonyl (C=O) groups excluding carboxylic acids is 1. The van der Waals surface area contributed by atoms with E-state index < -0.39 is 11.7 Å². The number of nitrogens with zero attached hydrogens (tertiary/aromatic N) is 3. The lowest BCUT2D eigenvalue weighted by Crippen LogP contribution is -2.43. The Bertz CT molecular complexity index is 294. The van der Waals surface area contributed by atoms with Crippen molar-refractivity contribution in [2.45, 2.75) is 45.8 Å². The number of rotatable bonds is 7. The average molecular weight is 257 g/mol. The van der Waals surface area contributed by atoms with E-state index in [2.05, 4.69) is 20.7 Å². The van der Waals surface area contributed by atoms with Crippen LogP contribution in [0.5, 0.6) is 0 Å². The highest BCUT2D eigenvalue weighted by molar-refractivity contribution is 5.67. The third kappa shape index (κ3) is 9.74. The first-order chi connectivity index (χ1) is 8.39. The van der Waals surface area contributed by atoms with E-state index in [4.69, 9.17) is 10.3 Å². The predicted octanol–water partition coefficient (Wildman–Crippen LogP) is 2.19. The highest BCUT2D eigenvalue weighted by atomic mass is 16.6. The predicted molar refractivity (Wildman–Crippen MR) is 70.3 cm³/mol. The molecule has 0 bridgehead atoms. The van der Waals surface area contributed by atoms with Crippen molar-refractivity contribution in [3.63, 3.8) is 0 Å². The molecule has 0 aromatic carbocycles. The molecule has 0 aromatic rings. The lowest BCUT2D eigenvalue weighted by molar-refractivity contribution is 0.0522. The van der Waals surface area contributed by atoms with Crippen LogP contribution in [0.15, 0.2) is 5.11 Å². The summed E-state index contributed by atoms with van der Waals surface area (Å²) in [5, 5.41) is 9.38. The molecule has 2 N–H and O–H groups in total. The second kappa shape index (κ2) is 8.60. The molecular formula is C11H23N5O2. The molecule has 0 radical (unpaired) electrons. The second-order valence-electron chi connectivity index (χ2n) is 4.88. The molecule has 7 nitrogen and oxygen atoms in total. The van der Waals surface area contributed by atoms with E-state index in [9.17, 15) is 4.79 Å². The topological polar surface area (TPSA) is 99.1 Å². The molecular weight excluding hydrogens is 234 g/mol. The standard InChI is InChI=1S/C11H23N5O2/c1-5-13-9(6-7-15-16-12)8-14-10(17)18-11(2,3)4/h9,13H,5-8H2,1-4H3,(H,14,17). The maximum absolute atomic E-state index is 11.5. The van der Waals surface area contributed by atoms with Crippen LogP contribution in [0.4, 0.5) is 4.79 Å². The minimum Gasteiger partial charge on any atom is -0.444 e. The van der Waals surface area contributed by atoms with Gasteiger partial charge in [0.2, 0.25) is 0 Å². The first-order valence-corrected chi connectivity index (χ1v) is 6.10. The van der Waals surface area contributed by atoms with Crippen molar-refractivity contribution < 1.29 is 9.53 Å². The Morgan fingerprint density at radius 3 is 2.67 bits per heavy atom. The molecule has 0 saturated carbocycles. The van der Waals surface area contributed by atoms with Gasteiger partial charge < -0.3 is 15.4 Å². The Morgan fingerprint density at radius 1 is 1.50 bits per heavy atom. The average Bonchev–Trinajstić information content (AvgIpc) is 2.24. The first-order valence-electron chi connectivity index (χ1n) is 6.10. The van der Waals surface area contributed by atoms with Crippen molar-refractivity contribution in [2.75, 3.05) is 19.6 Å². The summed E-state index contributed by atoms with van der Waals surface area (Å²) in [7, 11) is 0. The number of ether oxygens (including phenoxy) is 1. The van der Waals surface area contributed by atoms with E-state index in [1.54, 1.807) is 0 Å². The molecule has 18 heavy (non-hydrogen) atoms. The van der Waals surface area contributed by atoms with Crippen molar-refractivity contribution in [3.8, 4) is 0 Å². The van der Waals surface area contributed by atoms with E-state index in [0.29, 0.717) is 19.5 Å². The van der Waals surface area contributed by atoms with Crippen LogP contribution in [0, 0.1) is 0 Å². The summed E-state index contributed by atoms with van der Waals surface area (Å²) in [4.78, 5) is 14.2.